The van der Waals surface area contributed by atoms with Crippen LogP contribution in [0.2, 0.25) is 5.02 Å². The van der Waals surface area contributed by atoms with Gasteiger partial charge in [-0.2, -0.15) is 0 Å². The molecule has 3 aromatic rings. The predicted molar refractivity (Wildman–Crippen MR) is 115 cm³/mol. The monoisotopic (exact) mass is 400 g/mol. The Labute approximate surface area is 170 Å². The van der Waals surface area contributed by atoms with Gasteiger partial charge < -0.3 is 24.7 Å². The van der Waals surface area contributed by atoms with Crippen LogP contribution in [-0.4, -0.2) is 50.5 Å². The number of nitrogens with zero attached hydrogens (tertiary/aromatic N) is 2. The first-order valence-corrected chi connectivity index (χ1v) is 9.49. The van der Waals surface area contributed by atoms with Gasteiger partial charge in [0.2, 0.25) is 5.95 Å². The van der Waals surface area contributed by atoms with Crippen LogP contribution in [0, 0.1) is 0 Å². The van der Waals surface area contributed by atoms with E-state index in [0.717, 1.165) is 35.6 Å². The van der Waals surface area contributed by atoms with Crippen molar-refractivity contribution in [2.75, 3.05) is 50.7 Å². The van der Waals surface area contributed by atoms with Gasteiger partial charge >= 0.3 is 0 Å². The van der Waals surface area contributed by atoms with E-state index in [4.69, 9.17) is 21.1 Å². The molecule has 0 amide bonds. The number of aromatic nitrogens is 2. The number of benzene rings is 2. The summed E-state index contributed by atoms with van der Waals surface area (Å²) < 4.78 is 10.5. The summed E-state index contributed by atoms with van der Waals surface area (Å²) in [6, 6.07) is 14.1. The lowest BCUT2D eigenvalue weighted by molar-refractivity contribution is 0.190. The molecule has 0 aliphatic rings. The van der Waals surface area contributed by atoms with E-state index in [2.05, 4.69) is 32.3 Å². The van der Waals surface area contributed by atoms with Gasteiger partial charge in [-0.1, -0.05) is 29.8 Å². The lowest BCUT2D eigenvalue weighted by Crippen LogP contribution is -2.30. The summed E-state index contributed by atoms with van der Waals surface area (Å²) in [5, 5.41) is 4.03. The van der Waals surface area contributed by atoms with Crippen molar-refractivity contribution in [2.45, 2.75) is 0 Å². The molecule has 0 saturated carbocycles. The van der Waals surface area contributed by atoms with E-state index >= 15 is 0 Å². The molecule has 7 heteroatoms. The van der Waals surface area contributed by atoms with Crippen LogP contribution >= 0.6 is 11.6 Å². The van der Waals surface area contributed by atoms with Crippen molar-refractivity contribution >= 4 is 28.9 Å². The Hall–Kier alpha value is -2.54. The minimum Gasteiger partial charge on any atom is -0.383 e. The molecule has 2 aromatic carbocycles. The summed E-state index contributed by atoms with van der Waals surface area (Å²) in [6.45, 7) is 2.81. The second kappa shape index (κ2) is 10.1. The van der Waals surface area contributed by atoms with Gasteiger partial charge in [0.05, 0.1) is 13.2 Å². The molecule has 0 bridgehead atoms. The first kappa shape index (κ1) is 20.2. The van der Waals surface area contributed by atoms with E-state index in [1.165, 1.54) is 0 Å². The number of hydrogen-bond donors (Lipinski definition) is 2. The molecule has 0 fully saturated rings. The van der Waals surface area contributed by atoms with Crippen LogP contribution in [0.5, 0.6) is 0 Å². The maximum atomic E-state index is 6.51. The fraction of sp³-hybridized carbons (Fsp3) is 0.286. The van der Waals surface area contributed by atoms with Crippen LogP contribution in [0.3, 0.4) is 0 Å². The van der Waals surface area contributed by atoms with Gasteiger partial charge in [-0.3, -0.25) is 0 Å². The fourth-order valence-corrected chi connectivity index (χ4v) is 3.21. The Morgan fingerprint density at radius 2 is 1.79 bits per heavy atom. The lowest BCUT2D eigenvalue weighted by atomic mass is 10.0. The van der Waals surface area contributed by atoms with E-state index in [9.17, 15) is 0 Å². The summed E-state index contributed by atoms with van der Waals surface area (Å²) >= 11 is 6.51. The molecule has 2 N–H and O–H groups in total. The molecule has 0 unspecified atom stereocenters. The molecule has 0 aliphatic heterocycles. The zero-order valence-electron chi connectivity index (χ0n) is 16.1. The summed E-state index contributed by atoms with van der Waals surface area (Å²) in [7, 11) is 3.42. The van der Waals surface area contributed by atoms with Crippen LogP contribution in [-0.2, 0) is 9.47 Å². The van der Waals surface area contributed by atoms with E-state index in [-0.39, 0.29) is 0 Å². The lowest BCUT2D eigenvalue weighted by Gasteiger charge is -2.26. The zero-order chi connectivity index (χ0) is 19.8. The molecule has 0 aliphatic carbocycles. The number of H-pyrrole nitrogens is 1. The molecule has 3 rings (SSSR count). The molecule has 1 heterocycles. The van der Waals surface area contributed by atoms with Crippen molar-refractivity contribution in [3.8, 4) is 11.1 Å². The molecule has 0 spiro atoms. The van der Waals surface area contributed by atoms with Gasteiger partial charge in [0.25, 0.3) is 0 Å². The average molecular weight is 401 g/mol. The van der Waals surface area contributed by atoms with Crippen molar-refractivity contribution in [1.29, 1.82) is 0 Å². The van der Waals surface area contributed by atoms with Crippen LogP contribution in [0.25, 0.3) is 11.1 Å². The first-order chi connectivity index (χ1) is 13.7. The Morgan fingerprint density at radius 3 is 2.43 bits per heavy atom. The third kappa shape index (κ3) is 5.04. The SMILES string of the molecule is COCCN(CCOC)c1ccc(Nc2ncc[nH]2)c(-c2ccccc2Cl)c1. The third-order valence-corrected chi connectivity index (χ3v) is 4.74. The van der Waals surface area contributed by atoms with Crippen molar-refractivity contribution in [1.82, 2.24) is 9.97 Å². The molecule has 28 heavy (non-hydrogen) atoms. The van der Waals surface area contributed by atoms with Gasteiger partial charge in [0.15, 0.2) is 0 Å². The van der Waals surface area contributed by atoms with E-state index in [1.807, 2.05) is 30.3 Å². The maximum Gasteiger partial charge on any atom is 0.204 e. The normalized spacial score (nSPS) is 10.8. The first-order valence-electron chi connectivity index (χ1n) is 9.11. The smallest absolute Gasteiger partial charge is 0.204 e. The highest BCUT2D eigenvalue weighted by atomic mass is 35.5. The fourth-order valence-electron chi connectivity index (χ4n) is 2.97. The van der Waals surface area contributed by atoms with E-state index in [1.54, 1.807) is 26.6 Å². The molecule has 0 atom stereocenters. The Balaban J connectivity index is 2.01. The van der Waals surface area contributed by atoms with Crippen molar-refractivity contribution in [3.63, 3.8) is 0 Å². The summed E-state index contributed by atoms with van der Waals surface area (Å²) in [4.78, 5) is 9.58. The summed E-state index contributed by atoms with van der Waals surface area (Å²) in [6.07, 6.45) is 3.49. The number of anilines is 3. The number of imidazole rings is 1. The second-order valence-electron chi connectivity index (χ2n) is 6.25. The topological polar surface area (TPSA) is 62.4 Å². The van der Waals surface area contributed by atoms with Crippen molar-refractivity contribution in [3.05, 3.63) is 59.9 Å². The van der Waals surface area contributed by atoms with E-state index < -0.39 is 0 Å². The molecule has 6 nitrogen and oxygen atoms in total. The van der Waals surface area contributed by atoms with Gasteiger partial charge in [0.1, 0.15) is 0 Å². The highest BCUT2D eigenvalue weighted by Gasteiger charge is 2.14. The zero-order valence-corrected chi connectivity index (χ0v) is 16.9. The van der Waals surface area contributed by atoms with Crippen LogP contribution < -0.4 is 10.2 Å². The molecule has 0 radical (unpaired) electrons. The molecule has 0 saturated heterocycles. The highest BCUT2D eigenvalue weighted by molar-refractivity contribution is 6.33. The van der Waals surface area contributed by atoms with Crippen LogP contribution in [0.4, 0.5) is 17.3 Å². The Morgan fingerprint density at radius 1 is 1.04 bits per heavy atom. The molecule has 1 aromatic heterocycles. The number of halogens is 1. The van der Waals surface area contributed by atoms with Crippen LogP contribution in [0.1, 0.15) is 0 Å². The van der Waals surface area contributed by atoms with Crippen molar-refractivity contribution < 1.29 is 9.47 Å². The number of hydrogen-bond acceptors (Lipinski definition) is 5. The number of aromatic amines is 1. The second-order valence-corrected chi connectivity index (χ2v) is 6.65. The number of ether oxygens (including phenoxy) is 2. The predicted octanol–water partition coefficient (Wildman–Crippen LogP) is 4.57. The largest absolute Gasteiger partial charge is 0.383 e. The molecular formula is C21H25ClN4O2. The van der Waals surface area contributed by atoms with Gasteiger partial charge in [-0.15, -0.1) is 0 Å². The average Bonchev–Trinajstić information content (AvgIpc) is 3.22. The summed E-state index contributed by atoms with van der Waals surface area (Å²) in [5.74, 6) is 0.677. The summed E-state index contributed by atoms with van der Waals surface area (Å²) in [5.41, 5.74) is 3.96. The minimum absolute atomic E-state index is 0.636. The highest BCUT2D eigenvalue weighted by Crippen LogP contribution is 2.37. The third-order valence-electron chi connectivity index (χ3n) is 4.41. The maximum absolute atomic E-state index is 6.51. The van der Waals surface area contributed by atoms with Crippen molar-refractivity contribution in [2.24, 2.45) is 0 Å². The number of rotatable bonds is 10. The molecule has 148 valence electrons. The Bertz CT molecular complexity index is 863. The standard InChI is InChI=1S/C21H25ClN4O2/c1-27-13-11-26(12-14-28-2)16-7-8-20(25-21-23-9-10-24-21)18(15-16)17-5-3-4-6-19(17)22/h3-10,15H,11-14H2,1-2H3,(H2,23,24,25). The van der Waals surface area contributed by atoms with Gasteiger partial charge in [0, 0.05) is 67.2 Å². The Kier molecular flexibility index (Phi) is 7.31. The number of methoxy groups -OCH3 is 2. The van der Waals surface area contributed by atoms with Gasteiger partial charge in [-0.25, -0.2) is 4.98 Å². The number of nitrogens with one attached hydrogen (secondary N) is 2. The van der Waals surface area contributed by atoms with Gasteiger partial charge in [-0.05, 0) is 24.3 Å². The molecular weight excluding hydrogens is 376 g/mol. The van der Waals surface area contributed by atoms with Crippen LogP contribution in [0.15, 0.2) is 54.9 Å². The van der Waals surface area contributed by atoms with E-state index in [0.29, 0.717) is 24.2 Å². The quantitative estimate of drug-likeness (QED) is 0.521. The minimum atomic E-state index is 0.636.